The minimum atomic E-state index is -3.68. The maximum absolute atomic E-state index is 12.3. The third kappa shape index (κ3) is 3.95. The highest BCUT2D eigenvalue weighted by Gasteiger charge is 2.16. The Morgan fingerprint density at radius 1 is 1.09 bits per heavy atom. The summed E-state index contributed by atoms with van der Waals surface area (Å²) in [5.41, 5.74) is 1.02. The van der Waals surface area contributed by atoms with Crippen LogP contribution in [0.15, 0.2) is 47.5 Å². The van der Waals surface area contributed by atoms with Gasteiger partial charge in [0.1, 0.15) is 5.82 Å². The van der Waals surface area contributed by atoms with Crippen molar-refractivity contribution >= 4 is 33.1 Å². The van der Waals surface area contributed by atoms with Gasteiger partial charge in [0.25, 0.3) is 10.0 Å². The molecule has 1 saturated heterocycles. The number of anilines is 2. The fraction of sp³-hybridized carbons (Fsp3) is 0.312. The van der Waals surface area contributed by atoms with Gasteiger partial charge in [0.15, 0.2) is 0 Å². The van der Waals surface area contributed by atoms with Gasteiger partial charge in [0, 0.05) is 18.1 Å². The molecule has 0 saturated carbocycles. The number of hydrogen-bond donors (Lipinski definition) is 1. The van der Waals surface area contributed by atoms with Crippen LogP contribution < -0.4 is 9.62 Å². The highest BCUT2D eigenvalue weighted by molar-refractivity contribution is 7.92. The molecule has 0 radical (unpaired) electrons. The molecule has 0 atom stereocenters. The Kier molecular flexibility index (Phi) is 4.73. The van der Waals surface area contributed by atoms with Crippen LogP contribution in [-0.4, -0.2) is 26.5 Å². The molecule has 0 spiro atoms. The molecule has 1 aromatic carbocycles. The van der Waals surface area contributed by atoms with Crippen molar-refractivity contribution in [2.75, 3.05) is 22.7 Å². The van der Waals surface area contributed by atoms with Crippen LogP contribution in [0.25, 0.3) is 0 Å². The van der Waals surface area contributed by atoms with Crippen molar-refractivity contribution < 1.29 is 8.42 Å². The van der Waals surface area contributed by atoms with Crippen molar-refractivity contribution in [1.82, 2.24) is 4.98 Å². The molecule has 1 fully saturated rings. The third-order valence-corrected chi connectivity index (χ3v) is 5.40. The topological polar surface area (TPSA) is 62.3 Å². The maximum atomic E-state index is 12.3. The van der Waals surface area contributed by atoms with E-state index in [9.17, 15) is 8.42 Å². The number of rotatable bonds is 4. The summed E-state index contributed by atoms with van der Waals surface area (Å²) < 4.78 is 27.1. The molecule has 122 valence electrons. The second-order valence-corrected chi connectivity index (χ2v) is 7.63. The Bertz CT molecular complexity index is 772. The van der Waals surface area contributed by atoms with E-state index in [1.165, 1.54) is 31.4 Å². The van der Waals surface area contributed by atoms with Gasteiger partial charge in [-0.2, -0.15) is 0 Å². The van der Waals surface area contributed by atoms with Crippen LogP contribution in [0.5, 0.6) is 0 Å². The van der Waals surface area contributed by atoms with Crippen LogP contribution in [-0.2, 0) is 10.0 Å². The van der Waals surface area contributed by atoms with E-state index in [0.29, 0.717) is 10.8 Å². The van der Waals surface area contributed by atoms with Crippen molar-refractivity contribution in [2.45, 2.75) is 24.2 Å². The van der Waals surface area contributed by atoms with E-state index in [1.54, 1.807) is 24.4 Å². The molecule has 2 aromatic rings. The summed E-state index contributed by atoms with van der Waals surface area (Å²) in [4.78, 5) is 6.61. The lowest BCUT2D eigenvalue weighted by Gasteiger charge is -2.28. The second-order valence-electron chi connectivity index (χ2n) is 5.51. The van der Waals surface area contributed by atoms with E-state index >= 15 is 0 Å². The van der Waals surface area contributed by atoms with E-state index < -0.39 is 10.0 Å². The number of aromatic nitrogens is 1. The minimum absolute atomic E-state index is 0.118. The predicted octanol–water partition coefficient (Wildman–Crippen LogP) is 3.53. The van der Waals surface area contributed by atoms with Gasteiger partial charge in [0.2, 0.25) is 0 Å². The van der Waals surface area contributed by atoms with E-state index in [4.69, 9.17) is 11.6 Å². The Balaban J connectivity index is 1.75. The smallest absolute Gasteiger partial charge is 0.263 e. The van der Waals surface area contributed by atoms with Gasteiger partial charge in [0.05, 0.1) is 16.8 Å². The van der Waals surface area contributed by atoms with E-state index in [2.05, 4.69) is 14.6 Å². The number of nitrogens with one attached hydrogen (secondary N) is 1. The van der Waals surface area contributed by atoms with Gasteiger partial charge in [-0.25, -0.2) is 13.4 Å². The maximum Gasteiger partial charge on any atom is 0.263 e. The standard InChI is InChI=1S/C16H18ClN3O2S/c17-13-5-4-6-15(11-13)23(21,22)19-16-8-7-14(12-18-16)20-9-2-1-3-10-20/h4-8,11-12H,1-3,9-10H2,(H,18,19). The summed E-state index contributed by atoms with van der Waals surface area (Å²) >= 11 is 5.85. The van der Waals surface area contributed by atoms with Crippen LogP contribution in [0.3, 0.4) is 0 Å². The zero-order valence-corrected chi connectivity index (χ0v) is 14.1. The quantitative estimate of drug-likeness (QED) is 0.915. The fourth-order valence-electron chi connectivity index (χ4n) is 2.62. The highest BCUT2D eigenvalue weighted by Crippen LogP contribution is 2.22. The number of benzene rings is 1. The lowest BCUT2D eigenvalue weighted by molar-refractivity contribution is 0.577. The molecule has 0 aliphatic carbocycles. The molecule has 1 aromatic heterocycles. The van der Waals surface area contributed by atoms with Gasteiger partial charge >= 0.3 is 0 Å². The molecule has 1 N–H and O–H groups in total. The molecular formula is C16H18ClN3O2S. The van der Waals surface area contributed by atoms with Gasteiger partial charge in [-0.15, -0.1) is 0 Å². The summed E-state index contributed by atoms with van der Waals surface area (Å²) in [5, 5.41) is 0.376. The van der Waals surface area contributed by atoms with E-state index in [0.717, 1.165) is 18.8 Å². The van der Waals surface area contributed by atoms with Gasteiger partial charge < -0.3 is 4.90 Å². The first-order valence-corrected chi connectivity index (χ1v) is 9.40. The van der Waals surface area contributed by atoms with Crippen LogP contribution in [0.4, 0.5) is 11.5 Å². The number of hydrogen-bond acceptors (Lipinski definition) is 4. The number of piperidine rings is 1. The van der Waals surface area contributed by atoms with Crippen LogP contribution >= 0.6 is 11.6 Å². The first-order chi connectivity index (χ1) is 11.0. The summed E-state index contributed by atoms with van der Waals surface area (Å²) in [5.74, 6) is 0.297. The minimum Gasteiger partial charge on any atom is -0.370 e. The number of nitrogens with zero attached hydrogens (tertiary/aromatic N) is 2. The molecule has 5 nitrogen and oxygen atoms in total. The van der Waals surface area contributed by atoms with Gasteiger partial charge in [-0.05, 0) is 49.6 Å². The normalized spacial score (nSPS) is 15.4. The number of pyridine rings is 1. The molecule has 1 aliphatic heterocycles. The predicted molar refractivity (Wildman–Crippen MR) is 92.6 cm³/mol. The molecule has 0 bridgehead atoms. The number of sulfonamides is 1. The molecule has 0 unspecified atom stereocenters. The average Bonchev–Trinajstić information content (AvgIpc) is 2.56. The van der Waals surface area contributed by atoms with Gasteiger partial charge in [-0.1, -0.05) is 17.7 Å². The fourth-order valence-corrected chi connectivity index (χ4v) is 3.93. The summed E-state index contributed by atoms with van der Waals surface area (Å²) in [6.45, 7) is 2.05. The van der Waals surface area contributed by atoms with Gasteiger partial charge in [-0.3, -0.25) is 4.72 Å². The largest absolute Gasteiger partial charge is 0.370 e. The molecule has 3 rings (SSSR count). The van der Waals surface area contributed by atoms with Crippen molar-refractivity contribution in [3.8, 4) is 0 Å². The molecule has 1 aliphatic rings. The highest BCUT2D eigenvalue weighted by atomic mass is 35.5. The zero-order valence-electron chi connectivity index (χ0n) is 12.6. The molecule has 0 amide bonds. The van der Waals surface area contributed by atoms with Crippen LogP contribution in [0.1, 0.15) is 19.3 Å². The van der Waals surface area contributed by atoms with Crippen molar-refractivity contribution in [2.24, 2.45) is 0 Å². The van der Waals surface area contributed by atoms with E-state index in [1.807, 2.05) is 6.07 Å². The summed E-state index contributed by atoms with van der Waals surface area (Å²) in [7, 11) is -3.68. The van der Waals surface area contributed by atoms with Crippen molar-refractivity contribution in [3.63, 3.8) is 0 Å². The SMILES string of the molecule is O=S(=O)(Nc1ccc(N2CCCCC2)cn1)c1cccc(Cl)c1. The first-order valence-electron chi connectivity index (χ1n) is 7.54. The van der Waals surface area contributed by atoms with E-state index in [-0.39, 0.29) is 4.90 Å². The molecule has 7 heteroatoms. The Morgan fingerprint density at radius 3 is 2.52 bits per heavy atom. The van der Waals surface area contributed by atoms with Crippen LogP contribution in [0.2, 0.25) is 5.02 Å². The number of halogens is 1. The monoisotopic (exact) mass is 351 g/mol. The Morgan fingerprint density at radius 2 is 1.87 bits per heavy atom. The molecule has 23 heavy (non-hydrogen) atoms. The summed E-state index contributed by atoms with van der Waals surface area (Å²) in [6, 6.07) is 9.72. The van der Waals surface area contributed by atoms with Crippen molar-refractivity contribution in [3.05, 3.63) is 47.6 Å². The van der Waals surface area contributed by atoms with Crippen molar-refractivity contribution in [1.29, 1.82) is 0 Å². The lowest BCUT2D eigenvalue weighted by Crippen LogP contribution is -2.29. The average molecular weight is 352 g/mol. The Labute approximate surface area is 141 Å². The first kappa shape index (κ1) is 16.1. The second kappa shape index (κ2) is 6.76. The Hall–Kier alpha value is -1.79. The molecular weight excluding hydrogens is 334 g/mol. The molecule has 2 heterocycles. The zero-order chi connectivity index (χ0) is 16.3. The summed E-state index contributed by atoms with van der Waals surface area (Å²) in [6.07, 6.45) is 5.34. The third-order valence-electron chi connectivity index (χ3n) is 3.81. The lowest BCUT2D eigenvalue weighted by atomic mass is 10.1. The van der Waals surface area contributed by atoms with Crippen LogP contribution in [0, 0.1) is 0 Å².